The Morgan fingerprint density at radius 2 is 2.00 bits per heavy atom. The number of nitrogens with zero attached hydrogens (tertiary/aromatic N) is 3. The standard InChI is InChI=1S/C15H22N4O/c1-13(2)11-14(19-7-3-4-8-19)15(20)17-6-10-18-9-5-16-12-18/h3-5,7-9,12-14H,6,10-11H2,1-2H3,(H,17,20)/t14-/m0/s1. The number of hydrogen-bond donors (Lipinski definition) is 1. The molecule has 1 N–H and O–H groups in total. The van der Waals surface area contributed by atoms with Crippen LogP contribution in [0.25, 0.3) is 0 Å². The zero-order chi connectivity index (χ0) is 14.4. The summed E-state index contributed by atoms with van der Waals surface area (Å²) in [6.45, 7) is 5.63. The van der Waals surface area contributed by atoms with Gasteiger partial charge in [-0.1, -0.05) is 13.8 Å². The van der Waals surface area contributed by atoms with Gasteiger partial charge in [-0.25, -0.2) is 4.98 Å². The topological polar surface area (TPSA) is 51.9 Å². The Morgan fingerprint density at radius 1 is 1.25 bits per heavy atom. The van der Waals surface area contributed by atoms with Crippen LogP contribution in [-0.2, 0) is 11.3 Å². The lowest BCUT2D eigenvalue weighted by atomic mass is 10.0. The molecule has 0 saturated heterocycles. The summed E-state index contributed by atoms with van der Waals surface area (Å²) in [5, 5.41) is 3.01. The third-order valence-electron chi connectivity index (χ3n) is 3.21. The van der Waals surface area contributed by atoms with Crippen LogP contribution in [0.2, 0.25) is 0 Å². The van der Waals surface area contributed by atoms with E-state index in [1.54, 1.807) is 12.5 Å². The summed E-state index contributed by atoms with van der Waals surface area (Å²) in [6.07, 6.45) is 10.1. The molecular weight excluding hydrogens is 252 g/mol. The van der Waals surface area contributed by atoms with Crippen molar-refractivity contribution in [1.82, 2.24) is 19.4 Å². The Labute approximate surface area is 119 Å². The first-order valence-corrected chi connectivity index (χ1v) is 7.02. The summed E-state index contributed by atoms with van der Waals surface area (Å²) in [6, 6.07) is 3.77. The van der Waals surface area contributed by atoms with Gasteiger partial charge in [-0.2, -0.15) is 0 Å². The first-order valence-electron chi connectivity index (χ1n) is 7.02. The van der Waals surface area contributed by atoms with Crippen LogP contribution in [0.3, 0.4) is 0 Å². The Kier molecular flexibility index (Phi) is 4.98. The molecule has 2 aromatic rings. The zero-order valence-corrected chi connectivity index (χ0v) is 12.1. The summed E-state index contributed by atoms with van der Waals surface area (Å²) in [7, 11) is 0. The highest BCUT2D eigenvalue weighted by Gasteiger charge is 2.20. The van der Waals surface area contributed by atoms with Crippen LogP contribution in [0.15, 0.2) is 43.2 Å². The van der Waals surface area contributed by atoms with E-state index in [-0.39, 0.29) is 11.9 Å². The number of aromatic nitrogens is 3. The lowest BCUT2D eigenvalue weighted by Gasteiger charge is -2.20. The van der Waals surface area contributed by atoms with Crippen molar-refractivity contribution in [1.29, 1.82) is 0 Å². The summed E-state index contributed by atoms with van der Waals surface area (Å²) in [5.74, 6) is 0.553. The predicted octanol–water partition coefficient (Wildman–Crippen LogP) is 2.09. The van der Waals surface area contributed by atoms with E-state index < -0.39 is 0 Å². The highest BCUT2D eigenvalue weighted by molar-refractivity contribution is 5.80. The van der Waals surface area contributed by atoms with Gasteiger partial charge in [0.1, 0.15) is 6.04 Å². The Balaban J connectivity index is 1.89. The van der Waals surface area contributed by atoms with Crippen molar-refractivity contribution in [3.63, 3.8) is 0 Å². The molecule has 0 unspecified atom stereocenters. The molecule has 0 fully saturated rings. The molecule has 5 heteroatoms. The van der Waals surface area contributed by atoms with Gasteiger partial charge in [0.25, 0.3) is 0 Å². The average molecular weight is 274 g/mol. The van der Waals surface area contributed by atoms with E-state index in [1.165, 1.54) is 0 Å². The normalized spacial score (nSPS) is 12.6. The van der Waals surface area contributed by atoms with Crippen molar-refractivity contribution in [3.05, 3.63) is 43.2 Å². The van der Waals surface area contributed by atoms with Crippen molar-refractivity contribution in [2.75, 3.05) is 6.54 Å². The lowest BCUT2D eigenvalue weighted by molar-refractivity contribution is -0.124. The number of carbonyl (C=O) groups excluding carboxylic acids is 1. The van der Waals surface area contributed by atoms with Crippen molar-refractivity contribution in [2.24, 2.45) is 5.92 Å². The van der Waals surface area contributed by atoms with Gasteiger partial charge in [-0.15, -0.1) is 0 Å². The van der Waals surface area contributed by atoms with Crippen LogP contribution in [0.1, 0.15) is 26.3 Å². The second-order valence-electron chi connectivity index (χ2n) is 5.37. The molecule has 20 heavy (non-hydrogen) atoms. The first kappa shape index (κ1) is 14.4. The van der Waals surface area contributed by atoms with E-state index >= 15 is 0 Å². The predicted molar refractivity (Wildman–Crippen MR) is 78.2 cm³/mol. The molecule has 0 aliphatic heterocycles. The van der Waals surface area contributed by atoms with Crippen LogP contribution in [0, 0.1) is 5.92 Å². The maximum absolute atomic E-state index is 12.3. The second-order valence-corrected chi connectivity index (χ2v) is 5.37. The van der Waals surface area contributed by atoms with Crippen molar-refractivity contribution in [3.8, 4) is 0 Å². The smallest absolute Gasteiger partial charge is 0.243 e. The van der Waals surface area contributed by atoms with Crippen molar-refractivity contribution in [2.45, 2.75) is 32.9 Å². The third-order valence-corrected chi connectivity index (χ3v) is 3.21. The number of hydrogen-bond acceptors (Lipinski definition) is 2. The molecule has 0 spiro atoms. The third kappa shape index (κ3) is 3.98. The summed E-state index contributed by atoms with van der Waals surface area (Å²) in [4.78, 5) is 16.3. The van der Waals surface area contributed by atoms with Crippen molar-refractivity contribution >= 4 is 5.91 Å². The van der Waals surface area contributed by atoms with Crippen LogP contribution in [0.4, 0.5) is 0 Å². The van der Waals surface area contributed by atoms with Gasteiger partial charge in [0.15, 0.2) is 0 Å². The maximum Gasteiger partial charge on any atom is 0.243 e. The first-order chi connectivity index (χ1) is 9.66. The highest BCUT2D eigenvalue weighted by Crippen LogP contribution is 2.17. The molecular formula is C15H22N4O. The zero-order valence-electron chi connectivity index (χ0n) is 12.1. The molecule has 0 radical (unpaired) electrons. The number of nitrogens with one attached hydrogen (secondary N) is 1. The fraction of sp³-hybridized carbons (Fsp3) is 0.467. The van der Waals surface area contributed by atoms with Gasteiger partial charge in [-0.05, 0) is 24.5 Å². The molecule has 1 atom stereocenters. The molecule has 1 amide bonds. The van der Waals surface area contributed by atoms with Gasteiger partial charge in [0.05, 0.1) is 6.33 Å². The number of carbonyl (C=O) groups is 1. The summed E-state index contributed by atoms with van der Waals surface area (Å²) in [5.41, 5.74) is 0. The van der Waals surface area contributed by atoms with Gasteiger partial charge in [-0.3, -0.25) is 4.79 Å². The fourth-order valence-electron chi connectivity index (χ4n) is 2.21. The minimum Gasteiger partial charge on any atom is -0.353 e. The minimum absolute atomic E-state index is 0.0787. The lowest BCUT2D eigenvalue weighted by Crippen LogP contribution is -2.34. The molecule has 2 rings (SSSR count). The molecule has 0 bridgehead atoms. The van der Waals surface area contributed by atoms with E-state index in [9.17, 15) is 4.79 Å². The Bertz CT molecular complexity index is 502. The number of amides is 1. The number of rotatable bonds is 7. The average Bonchev–Trinajstić information content (AvgIpc) is 3.08. The van der Waals surface area contributed by atoms with Gasteiger partial charge >= 0.3 is 0 Å². The minimum atomic E-state index is -0.132. The van der Waals surface area contributed by atoms with Crippen LogP contribution in [0.5, 0.6) is 0 Å². The van der Waals surface area contributed by atoms with E-state index in [2.05, 4.69) is 24.1 Å². The van der Waals surface area contributed by atoms with E-state index in [4.69, 9.17) is 0 Å². The summed E-state index contributed by atoms with van der Waals surface area (Å²) < 4.78 is 3.93. The Morgan fingerprint density at radius 3 is 2.60 bits per heavy atom. The summed E-state index contributed by atoms with van der Waals surface area (Å²) >= 11 is 0. The van der Waals surface area contributed by atoms with Gasteiger partial charge in [0.2, 0.25) is 5.91 Å². The SMILES string of the molecule is CC(C)C[C@@H](C(=O)NCCn1ccnc1)n1cccc1. The maximum atomic E-state index is 12.3. The van der Waals surface area contributed by atoms with Crippen LogP contribution < -0.4 is 5.32 Å². The van der Waals surface area contributed by atoms with Gasteiger partial charge < -0.3 is 14.5 Å². The highest BCUT2D eigenvalue weighted by atomic mass is 16.2. The second kappa shape index (κ2) is 6.93. The molecule has 0 aliphatic rings. The Hall–Kier alpha value is -2.04. The molecule has 0 aliphatic carbocycles. The molecule has 108 valence electrons. The van der Waals surface area contributed by atoms with Gasteiger partial charge in [0, 0.05) is 37.9 Å². The molecule has 0 aromatic carbocycles. The van der Waals surface area contributed by atoms with Crippen LogP contribution in [-0.4, -0.2) is 26.6 Å². The molecule has 2 heterocycles. The number of imidazole rings is 1. The monoisotopic (exact) mass is 274 g/mol. The fourth-order valence-corrected chi connectivity index (χ4v) is 2.21. The quantitative estimate of drug-likeness (QED) is 0.840. The van der Waals surface area contributed by atoms with E-state index in [1.807, 2.05) is 39.9 Å². The molecule has 5 nitrogen and oxygen atoms in total. The van der Waals surface area contributed by atoms with E-state index in [0.717, 1.165) is 13.0 Å². The largest absolute Gasteiger partial charge is 0.353 e. The molecule has 2 aromatic heterocycles. The molecule has 0 saturated carbocycles. The van der Waals surface area contributed by atoms with Crippen molar-refractivity contribution < 1.29 is 4.79 Å². The van der Waals surface area contributed by atoms with E-state index in [0.29, 0.717) is 12.5 Å². The van der Waals surface area contributed by atoms with Crippen LogP contribution >= 0.6 is 0 Å².